The van der Waals surface area contributed by atoms with Crippen molar-refractivity contribution < 1.29 is 19.4 Å². The average Bonchev–Trinajstić information content (AvgIpc) is 3.45. The van der Waals surface area contributed by atoms with Crippen LogP contribution >= 0.6 is 22.7 Å². The summed E-state index contributed by atoms with van der Waals surface area (Å²) in [7, 11) is 0. The second-order valence-electron chi connectivity index (χ2n) is 6.21. The van der Waals surface area contributed by atoms with E-state index in [4.69, 9.17) is 4.74 Å². The largest absolute Gasteiger partial charge is 0.506 e. The fourth-order valence-corrected chi connectivity index (χ4v) is 4.40. The Hall–Kier alpha value is -3.30. The van der Waals surface area contributed by atoms with Crippen molar-refractivity contribution in [3.63, 3.8) is 0 Å². The molecule has 7 nitrogen and oxygen atoms in total. The Balaban J connectivity index is 1.83. The van der Waals surface area contributed by atoms with Gasteiger partial charge in [0.25, 0.3) is 5.91 Å². The van der Waals surface area contributed by atoms with E-state index in [-0.39, 0.29) is 30.0 Å². The van der Waals surface area contributed by atoms with Gasteiger partial charge in [0.15, 0.2) is 0 Å². The summed E-state index contributed by atoms with van der Waals surface area (Å²) in [5.41, 5.74) is 1.87. The lowest BCUT2D eigenvalue weighted by Crippen LogP contribution is -2.31. The van der Waals surface area contributed by atoms with E-state index in [1.165, 1.54) is 22.7 Å². The number of phenols is 1. The highest BCUT2D eigenvalue weighted by atomic mass is 32.1. The minimum Gasteiger partial charge on any atom is -0.506 e. The van der Waals surface area contributed by atoms with Gasteiger partial charge in [0.1, 0.15) is 23.4 Å². The molecule has 0 unspecified atom stereocenters. The number of aromatic hydroxyl groups is 1. The monoisotopic (exact) mass is 439 g/mol. The van der Waals surface area contributed by atoms with Crippen LogP contribution in [-0.4, -0.2) is 40.1 Å². The molecule has 0 fully saturated rings. The van der Waals surface area contributed by atoms with Crippen molar-refractivity contribution in [2.24, 2.45) is 0 Å². The van der Waals surface area contributed by atoms with Crippen LogP contribution in [-0.2, 0) is 9.53 Å². The number of thiophene rings is 2. The summed E-state index contributed by atoms with van der Waals surface area (Å²) in [5, 5.41) is 17.2. The number of rotatable bonds is 6. The van der Waals surface area contributed by atoms with Crippen LogP contribution in [0.2, 0.25) is 0 Å². The fourth-order valence-electron chi connectivity index (χ4n) is 2.98. The lowest BCUT2D eigenvalue weighted by atomic mass is 10.0. The van der Waals surface area contributed by atoms with Crippen molar-refractivity contribution in [1.29, 1.82) is 0 Å². The number of carbonyl (C=O) groups excluding carboxylic acids is 2. The fraction of sp³-hybridized carbons (Fsp3) is 0.143. The van der Waals surface area contributed by atoms with Gasteiger partial charge in [-0.15, -0.1) is 22.7 Å². The van der Waals surface area contributed by atoms with Gasteiger partial charge in [-0.05, 0) is 35.9 Å². The third-order valence-corrected chi connectivity index (χ3v) is 6.09. The molecule has 0 aliphatic rings. The molecule has 0 atom stereocenters. The number of benzene rings is 1. The maximum absolute atomic E-state index is 12.9. The molecular weight excluding hydrogens is 422 g/mol. The number of ether oxygens (including phenoxy) is 1. The number of hydrogen-bond acceptors (Lipinski definition) is 8. The van der Waals surface area contributed by atoms with E-state index < -0.39 is 11.9 Å². The number of carbonyl (C=O) groups is 2. The molecule has 0 radical (unpaired) electrons. The Morgan fingerprint density at radius 2 is 1.90 bits per heavy atom. The van der Waals surface area contributed by atoms with E-state index >= 15 is 0 Å². The number of fused-ring (bicyclic) bond motifs is 1. The summed E-state index contributed by atoms with van der Waals surface area (Å²) in [6.45, 7) is 1.59. The summed E-state index contributed by atoms with van der Waals surface area (Å²) < 4.78 is 4.84. The molecule has 0 bridgehead atoms. The number of aromatic nitrogens is 2. The lowest BCUT2D eigenvalue weighted by Gasteiger charge is -2.13. The van der Waals surface area contributed by atoms with Crippen LogP contribution in [0.5, 0.6) is 5.75 Å². The predicted molar refractivity (Wildman–Crippen MR) is 117 cm³/mol. The van der Waals surface area contributed by atoms with Crippen LogP contribution in [0.25, 0.3) is 32.0 Å². The molecule has 3 aromatic heterocycles. The molecular formula is C21H17N3O4S2. The number of esters is 1. The lowest BCUT2D eigenvalue weighted by molar-refractivity contribution is -0.141. The third-order valence-electron chi connectivity index (χ3n) is 4.30. The number of amides is 1. The molecule has 3 heterocycles. The van der Waals surface area contributed by atoms with Crippen LogP contribution in [0, 0.1) is 0 Å². The molecule has 0 aliphatic carbocycles. The van der Waals surface area contributed by atoms with E-state index in [9.17, 15) is 14.7 Å². The topological polar surface area (TPSA) is 101 Å². The van der Waals surface area contributed by atoms with Crippen molar-refractivity contribution >= 4 is 45.6 Å². The molecule has 4 rings (SSSR count). The van der Waals surface area contributed by atoms with Crippen LogP contribution in [0.1, 0.15) is 17.3 Å². The van der Waals surface area contributed by atoms with Crippen LogP contribution < -0.4 is 5.32 Å². The Kier molecular flexibility index (Phi) is 5.73. The Bertz CT molecular complexity index is 1200. The van der Waals surface area contributed by atoms with Crippen molar-refractivity contribution in [3.05, 3.63) is 52.9 Å². The molecule has 0 aliphatic heterocycles. The summed E-state index contributed by atoms with van der Waals surface area (Å²) in [6.07, 6.45) is 1.57. The normalized spacial score (nSPS) is 10.8. The summed E-state index contributed by atoms with van der Waals surface area (Å²) >= 11 is 2.97. The molecule has 152 valence electrons. The van der Waals surface area contributed by atoms with Gasteiger partial charge in [0, 0.05) is 10.4 Å². The molecule has 9 heteroatoms. The van der Waals surface area contributed by atoms with E-state index in [1.807, 2.05) is 35.0 Å². The minimum absolute atomic E-state index is 0.0228. The molecule has 2 N–H and O–H groups in total. The van der Waals surface area contributed by atoms with Crippen molar-refractivity contribution in [2.45, 2.75) is 6.92 Å². The summed E-state index contributed by atoms with van der Waals surface area (Å²) in [6, 6.07) is 9.30. The van der Waals surface area contributed by atoms with Crippen molar-refractivity contribution in [1.82, 2.24) is 15.3 Å². The Morgan fingerprint density at radius 3 is 2.57 bits per heavy atom. The zero-order valence-corrected chi connectivity index (χ0v) is 17.5. The summed E-state index contributed by atoms with van der Waals surface area (Å²) in [5.74, 6) is -1.39. The van der Waals surface area contributed by atoms with E-state index in [1.54, 1.807) is 19.2 Å². The third kappa shape index (κ3) is 3.89. The average molecular weight is 440 g/mol. The van der Waals surface area contributed by atoms with E-state index in [0.29, 0.717) is 16.8 Å². The van der Waals surface area contributed by atoms with Crippen molar-refractivity contribution in [2.75, 3.05) is 13.2 Å². The Labute approximate surface area is 180 Å². The molecule has 1 aromatic carbocycles. The zero-order valence-electron chi connectivity index (χ0n) is 15.9. The second kappa shape index (κ2) is 8.60. The van der Waals surface area contributed by atoms with Crippen LogP contribution in [0.4, 0.5) is 0 Å². The second-order valence-corrected chi connectivity index (χ2v) is 8.11. The highest BCUT2D eigenvalue weighted by Crippen LogP contribution is 2.39. The SMILES string of the molecule is CCOC(=O)CNC(=O)c1c(O)c(-c2cccs2)cc2nc(-c3cccs3)cnc12. The van der Waals surface area contributed by atoms with Crippen molar-refractivity contribution in [3.8, 4) is 26.8 Å². The molecule has 1 amide bonds. The van der Waals surface area contributed by atoms with Crippen LogP contribution in [0.15, 0.2) is 47.3 Å². The first-order valence-electron chi connectivity index (χ1n) is 9.12. The van der Waals surface area contributed by atoms with Gasteiger partial charge < -0.3 is 15.2 Å². The highest BCUT2D eigenvalue weighted by molar-refractivity contribution is 7.13. The first kappa shape index (κ1) is 20.0. The molecule has 30 heavy (non-hydrogen) atoms. The maximum atomic E-state index is 12.9. The zero-order chi connectivity index (χ0) is 21.1. The maximum Gasteiger partial charge on any atom is 0.325 e. The van der Waals surface area contributed by atoms with Gasteiger partial charge in [-0.3, -0.25) is 14.6 Å². The van der Waals surface area contributed by atoms with Gasteiger partial charge in [0.2, 0.25) is 0 Å². The molecule has 4 aromatic rings. The smallest absolute Gasteiger partial charge is 0.325 e. The van der Waals surface area contributed by atoms with E-state index in [0.717, 1.165) is 9.75 Å². The number of nitrogens with one attached hydrogen (secondary N) is 1. The van der Waals surface area contributed by atoms with Gasteiger partial charge in [-0.1, -0.05) is 12.1 Å². The first-order valence-corrected chi connectivity index (χ1v) is 10.9. The van der Waals surface area contributed by atoms with Crippen LogP contribution in [0.3, 0.4) is 0 Å². The number of nitrogens with zero attached hydrogens (tertiary/aromatic N) is 2. The van der Waals surface area contributed by atoms with Gasteiger partial charge >= 0.3 is 5.97 Å². The van der Waals surface area contributed by atoms with E-state index in [2.05, 4.69) is 15.3 Å². The number of hydrogen-bond donors (Lipinski definition) is 2. The summed E-state index contributed by atoms with van der Waals surface area (Å²) in [4.78, 5) is 35.3. The Morgan fingerprint density at radius 1 is 1.17 bits per heavy atom. The minimum atomic E-state index is -0.623. The van der Waals surface area contributed by atoms with Gasteiger partial charge in [0.05, 0.1) is 28.9 Å². The highest BCUT2D eigenvalue weighted by Gasteiger charge is 2.23. The first-order chi connectivity index (χ1) is 14.6. The number of phenolic OH excluding ortho intramolecular Hbond substituents is 1. The quantitative estimate of drug-likeness (QED) is 0.439. The van der Waals surface area contributed by atoms with Gasteiger partial charge in [-0.2, -0.15) is 0 Å². The standard InChI is InChI=1S/C21H17N3O4S2/c1-2-28-17(25)11-23-21(27)18-19-13(9-12(20(18)26)15-5-3-7-29-15)24-14(10-22-19)16-6-4-8-30-16/h3-10,26H,2,11H2,1H3,(H,23,27). The predicted octanol–water partition coefficient (Wildman–Crippen LogP) is 4.09. The van der Waals surface area contributed by atoms with Gasteiger partial charge in [-0.25, -0.2) is 4.98 Å². The molecule has 0 saturated carbocycles. The molecule has 0 saturated heterocycles. The molecule has 0 spiro atoms.